The normalized spacial score (nSPS) is 11.9. The van der Waals surface area contributed by atoms with Crippen molar-refractivity contribution in [1.29, 1.82) is 0 Å². The van der Waals surface area contributed by atoms with Crippen LogP contribution in [0.3, 0.4) is 0 Å². The van der Waals surface area contributed by atoms with Gasteiger partial charge in [0.25, 0.3) is 0 Å². The van der Waals surface area contributed by atoms with E-state index in [0.29, 0.717) is 18.7 Å². The molecule has 0 radical (unpaired) electrons. The van der Waals surface area contributed by atoms with Crippen LogP contribution in [-0.4, -0.2) is 26.8 Å². The Labute approximate surface area is 131 Å². The van der Waals surface area contributed by atoms with E-state index in [9.17, 15) is 4.79 Å². The van der Waals surface area contributed by atoms with E-state index in [1.54, 1.807) is 19.2 Å². The number of rotatable bonds is 7. The number of esters is 1. The minimum absolute atomic E-state index is 0.131. The molecule has 2 aromatic carbocycles. The van der Waals surface area contributed by atoms with Gasteiger partial charge < -0.3 is 14.8 Å². The van der Waals surface area contributed by atoms with Gasteiger partial charge in [-0.3, -0.25) is 0 Å². The predicted molar refractivity (Wildman–Crippen MR) is 85.7 cm³/mol. The summed E-state index contributed by atoms with van der Waals surface area (Å²) < 4.78 is 9.98. The summed E-state index contributed by atoms with van der Waals surface area (Å²) in [7, 11) is 3.08. The van der Waals surface area contributed by atoms with Gasteiger partial charge in [0.2, 0.25) is 0 Å². The van der Waals surface area contributed by atoms with Crippen LogP contribution in [0, 0.1) is 0 Å². The van der Waals surface area contributed by atoms with Crippen molar-refractivity contribution in [3.05, 3.63) is 71.3 Å². The first-order valence-electron chi connectivity index (χ1n) is 7.19. The SMILES string of the molecule is COCC(NCc1ccc(C(=O)OC)cc1)c1ccccc1. The third kappa shape index (κ3) is 4.41. The lowest BCUT2D eigenvalue weighted by molar-refractivity contribution is 0.0600. The molecule has 0 aromatic heterocycles. The Kier molecular flexibility index (Phi) is 6.13. The molecule has 0 amide bonds. The second-order valence-corrected chi connectivity index (χ2v) is 4.99. The lowest BCUT2D eigenvalue weighted by atomic mass is 10.1. The zero-order chi connectivity index (χ0) is 15.8. The minimum atomic E-state index is -0.318. The smallest absolute Gasteiger partial charge is 0.337 e. The maximum Gasteiger partial charge on any atom is 0.337 e. The molecule has 0 aliphatic rings. The van der Waals surface area contributed by atoms with Gasteiger partial charge in [-0.1, -0.05) is 42.5 Å². The zero-order valence-corrected chi connectivity index (χ0v) is 12.9. The largest absolute Gasteiger partial charge is 0.465 e. The molecular formula is C18H21NO3. The van der Waals surface area contributed by atoms with Crippen molar-refractivity contribution >= 4 is 5.97 Å². The molecule has 2 rings (SSSR count). The van der Waals surface area contributed by atoms with Crippen molar-refractivity contribution in [2.45, 2.75) is 12.6 Å². The number of ether oxygens (including phenoxy) is 2. The van der Waals surface area contributed by atoms with Gasteiger partial charge in [-0.25, -0.2) is 4.79 Å². The van der Waals surface area contributed by atoms with Crippen LogP contribution in [0.15, 0.2) is 54.6 Å². The summed E-state index contributed by atoms with van der Waals surface area (Å²) in [5, 5.41) is 3.47. The highest BCUT2D eigenvalue weighted by Crippen LogP contribution is 2.14. The van der Waals surface area contributed by atoms with Crippen molar-refractivity contribution in [2.24, 2.45) is 0 Å². The summed E-state index contributed by atoms with van der Waals surface area (Å²) in [6, 6.07) is 17.7. The van der Waals surface area contributed by atoms with Gasteiger partial charge in [0.1, 0.15) is 0 Å². The van der Waals surface area contributed by atoms with E-state index in [1.165, 1.54) is 12.7 Å². The predicted octanol–water partition coefficient (Wildman–Crippen LogP) is 2.95. The Balaban J connectivity index is 1.99. The molecule has 0 fully saturated rings. The molecule has 0 aliphatic carbocycles. The van der Waals surface area contributed by atoms with Gasteiger partial charge in [0.15, 0.2) is 0 Å². The standard InChI is InChI=1S/C18H21NO3/c1-21-13-17(15-6-4-3-5-7-15)19-12-14-8-10-16(11-9-14)18(20)22-2/h3-11,17,19H,12-13H2,1-2H3. The lowest BCUT2D eigenvalue weighted by Gasteiger charge is -2.18. The molecule has 0 bridgehead atoms. The van der Waals surface area contributed by atoms with Gasteiger partial charge in [0.05, 0.1) is 25.3 Å². The first kappa shape index (κ1) is 16.2. The number of carbonyl (C=O) groups is 1. The van der Waals surface area contributed by atoms with E-state index in [0.717, 1.165) is 5.56 Å². The fourth-order valence-electron chi connectivity index (χ4n) is 2.24. The molecule has 116 valence electrons. The molecule has 0 heterocycles. The van der Waals surface area contributed by atoms with E-state index in [1.807, 2.05) is 30.3 Å². The summed E-state index contributed by atoms with van der Waals surface area (Å²) >= 11 is 0. The van der Waals surface area contributed by atoms with Crippen molar-refractivity contribution in [1.82, 2.24) is 5.32 Å². The summed E-state index contributed by atoms with van der Waals surface area (Å²) in [6.45, 7) is 1.30. The van der Waals surface area contributed by atoms with E-state index >= 15 is 0 Å². The molecule has 1 unspecified atom stereocenters. The summed E-state index contributed by atoms with van der Waals surface area (Å²) in [5.41, 5.74) is 2.85. The van der Waals surface area contributed by atoms with Crippen LogP contribution in [0.2, 0.25) is 0 Å². The van der Waals surface area contributed by atoms with Crippen molar-refractivity contribution in [3.8, 4) is 0 Å². The van der Waals surface area contributed by atoms with Crippen LogP contribution in [0.25, 0.3) is 0 Å². The van der Waals surface area contributed by atoms with Crippen LogP contribution in [-0.2, 0) is 16.0 Å². The Morgan fingerprint density at radius 3 is 2.32 bits per heavy atom. The quantitative estimate of drug-likeness (QED) is 0.799. The van der Waals surface area contributed by atoms with Crippen molar-refractivity contribution in [3.63, 3.8) is 0 Å². The first-order chi connectivity index (χ1) is 10.7. The van der Waals surface area contributed by atoms with Crippen LogP contribution < -0.4 is 5.32 Å². The summed E-state index contributed by atoms with van der Waals surface area (Å²) in [4.78, 5) is 11.4. The van der Waals surface area contributed by atoms with E-state index in [-0.39, 0.29) is 12.0 Å². The van der Waals surface area contributed by atoms with Crippen LogP contribution in [0.1, 0.15) is 27.5 Å². The van der Waals surface area contributed by atoms with Gasteiger partial charge in [-0.15, -0.1) is 0 Å². The zero-order valence-electron chi connectivity index (χ0n) is 12.9. The number of nitrogens with one attached hydrogen (secondary N) is 1. The van der Waals surface area contributed by atoms with Gasteiger partial charge in [-0.05, 0) is 23.3 Å². The maximum absolute atomic E-state index is 11.4. The average Bonchev–Trinajstić information content (AvgIpc) is 2.59. The van der Waals surface area contributed by atoms with Gasteiger partial charge >= 0.3 is 5.97 Å². The number of hydrogen-bond acceptors (Lipinski definition) is 4. The topological polar surface area (TPSA) is 47.6 Å². The third-order valence-electron chi connectivity index (χ3n) is 3.46. The molecule has 0 saturated heterocycles. The van der Waals surface area contributed by atoms with E-state index in [4.69, 9.17) is 9.47 Å². The number of benzene rings is 2. The molecule has 1 atom stereocenters. The van der Waals surface area contributed by atoms with Crippen LogP contribution in [0.5, 0.6) is 0 Å². The average molecular weight is 299 g/mol. The lowest BCUT2D eigenvalue weighted by Crippen LogP contribution is -2.24. The molecule has 22 heavy (non-hydrogen) atoms. The highest BCUT2D eigenvalue weighted by Gasteiger charge is 2.10. The van der Waals surface area contributed by atoms with Gasteiger partial charge in [-0.2, -0.15) is 0 Å². The summed E-state index contributed by atoms with van der Waals surface area (Å²) in [5.74, 6) is -0.318. The molecule has 4 heteroatoms. The van der Waals surface area contributed by atoms with E-state index < -0.39 is 0 Å². The molecule has 0 spiro atoms. The number of carbonyl (C=O) groups excluding carboxylic acids is 1. The van der Waals surface area contributed by atoms with Crippen LogP contribution >= 0.6 is 0 Å². The second-order valence-electron chi connectivity index (χ2n) is 4.99. The Morgan fingerprint density at radius 2 is 1.73 bits per heavy atom. The van der Waals surface area contributed by atoms with Gasteiger partial charge in [0, 0.05) is 13.7 Å². The molecule has 1 N–H and O–H groups in total. The Morgan fingerprint density at radius 1 is 1.05 bits per heavy atom. The van der Waals surface area contributed by atoms with E-state index in [2.05, 4.69) is 17.4 Å². The molecule has 0 saturated carbocycles. The molecule has 0 aliphatic heterocycles. The maximum atomic E-state index is 11.4. The van der Waals surface area contributed by atoms with Crippen LogP contribution in [0.4, 0.5) is 0 Å². The second kappa shape index (κ2) is 8.32. The third-order valence-corrected chi connectivity index (χ3v) is 3.46. The minimum Gasteiger partial charge on any atom is -0.465 e. The molecular weight excluding hydrogens is 278 g/mol. The highest BCUT2D eigenvalue weighted by molar-refractivity contribution is 5.89. The Bertz CT molecular complexity index is 581. The fourth-order valence-corrected chi connectivity index (χ4v) is 2.24. The monoisotopic (exact) mass is 299 g/mol. The number of methoxy groups -OCH3 is 2. The Hall–Kier alpha value is -2.17. The first-order valence-corrected chi connectivity index (χ1v) is 7.19. The fraction of sp³-hybridized carbons (Fsp3) is 0.278. The van der Waals surface area contributed by atoms with Crippen molar-refractivity contribution in [2.75, 3.05) is 20.8 Å². The molecule has 2 aromatic rings. The molecule has 4 nitrogen and oxygen atoms in total. The summed E-state index contributed by atoms with van der Waals surface area (Å²) in [6.07, 6.45) is 0. The van der Waals surface area contributed by atoms with Crippen molar-refractivity contribution < 1.29 is 14.3 Å². The number of hydrogen-bond donors (Lipinski definition) is 1. The highest BCUT2D eigenvalue weighted by atomic mass is 16.5.